The summed E-state index contributed by atoms with van der Waals surface area (Å²) in [6, 6.07) is 0. The Hall–Kier alpha value is -1.96. The second kappa shape index (κ2) is 6.16. The normalized spacial score (nSPS) is 23.1. The number of carboxylic acids is 1. The van der Waals surface area contributed by atoms with Gasteiger partial charge in [-0.25, -0.2) is 4.98 Å². The highest BCUT2D eigenvalue weighted by Crippen LogP contribution is 2.42. The van der Waals surface area contributed by atoms with Crippen LogP contribution >= 0.6 is 11.3 Å². The molecule has 0 aliphatic carbocycles. The summed E-state index contributed by atoms with van der Waals surface area (Å²) in [6.45, 7) is 2.86. The van der Waals surface area contributed by atoms with E-state index in [2.05, 4.69) is 4.98 Å². The smallest absolute Gasteiger partial charge is 0.309 e. The van der Waals surface area contributed by atoms with E-state index in [1.807, 2.05) is 12.3 Å². The van der Waals surface area contributed by atoms with Gasteiger partial charge in [-0.1, -0.05) is 0 Å². The largest absolute Gasteiger partial charge is 0.481 e. The van der Waals surface area contributed by atoms with E-state index in [1.165, 1.54) is 11.3 Å². The standard InChI is InChI=1S/C16H21N3O4S/c1-10-17-11(9-24-10)7-14(21)19-5-3-16(4-6-19)12(15(22)23)8-13(20)18(16)2/h9,12H,3-8H2,1-2H3,(H,22,23). The Bertz CT molecular complexity index is 679. The fraction of sp³-hybridized carbons (Fsp3) is 0.625. The van der Waals surface area contributed by atoms with E-state index < -0.39 is 17.4 Å². The summed E-state index contributed by atoms with van der Waals surface area (Å²) in [4.78, 5) is 43.7. The number of carbonyl (C=O) groups excluding carboxylic acids is 2. The van der Waals surface area contributed by atoms with Gasteiger partial charge in [0.1, 0.15) is 0 Å². The number of amides is 2. The number of piperidine rings is 1. The monoisotopic (exact) mass is 351 g/mol. The maximum Gasteiger partial charge on any atom is 0.309 e. The third kappa shape index (κ3) is 2.79. The number of likely N-dealkylation sites (tertiary alicyclic amines) is 2. The van der Waals surface area contributed by atoms with Gasteiger partial charge in [0.05, 0.1) is 28.6 Å². The molecule has 1 spiro atoms. The number of carboxylic acid groups (broad SMARTS) is 1. The Morgan fingerprint density at radius 3 is 2.62 bits per heavy atom. The fourth-order valence-electron chi connectivity index (χ4n) is 3.88. The van der Waals surface area contributed by atoms with Crippen LogP contribution in [0.5, 0.6) is 0 Å². The minimum Gasteiger partial charge on any atom is -0.481 e. The van der Waals surface area contributed by atoms with Crippen LogP contribution in [0, 0.1) is 12.8 Å². The second-order valence-electron chi connectivity index (χ2n) is 6.57. The molecular weight excluding hydrogens is 330 g/mol. The number of hydrogen-bond donors (Lipinski definition) is 1. The van der Waals surface area contributed by atoms with Crippen LogP contribution in [0.3, 0.4) is 0 Å². The van der Waals surface area contributed by atoms with Gasteiger partial charge in [0.15, 0.2) is 0 Å². The highest BCUT2D eigenvalue weighted by atomic mass is 32.1. The average molecular weight is 351 g/mol. The summed E-state index contributed by atoms with van der Waals surface area (Å²) in [5.41, 5.74) is 0.121. The first-order valence-corrected chi connectivity index (χ1v) is 8.90. The molecule has 2 aliphatic rings. The fourth-order valence-corrected chi connectivity index (χ4v) is 4.50. The van der Waals surface area contributed by atoms with Crippen LogP contribution in [0.25, 0.3) is 0 Å². The Labute approximate surface area is 144 Å². The van der Waals surface area contributed by atoms with Crippen LogP contribution in [0.1, 0.15) is 30.0 Å². The third-order valence-electron chi connectivity index (χ3n) is 5.35. The van der Waals surface area contributed by atoms with Crippen molar-refractivity contribution in [2.75, 3.05) is 20.1 Å². The van der Waals surface area contributed by atoms with Crippen molar-refractivity contribution in [1.82, 2.24) is 14.8 Å². The SMILES string of the molecule is Cc1nc(CC(=O)N2CCC3(CC2)C(C(=O)O)CC(=O)N3C)cs1. The van der Waals surface area contributed by atoms with Crippen LogP contribution in [0.15, 0.2) is 5.38 Å². The van der Waals surface area contributed by atoms with E-state index in [0.717, 1.165) is 10.7 Å². The van der Waals surface area contributed by atoms with Crippen molar-refractivity contribution < 1.29 is 19.5 Å². The molecule has 1 atom stereocenters. The molecule has 1 unspecified atom stereocenters. The van der Waals surface area contributed by atoms with E-state index in [0.29, 0.717) is 25.9 Å². The first-order chi connectivity index (χ1) is 11.3. The number of nitrogens with zero attached hydrogens (tertiary/aromatic N) is 3. The Morgan fingerprint density at radius 1 is 1.42 bits per heavy atom. The molecule has 0 aromatic carbocycles. The molecule has 2 amide bonds. The number of thiazole rings is 1. The lowest BCUT2D eigenvalue weighted by molar-refractivity contribution is -0.146. The summed E-state index contributed by atoms with van der Waals surface area (Å²) in [6.07, 6.45) is 1.34. The van der Waals surface area contributed by atoms with Crippen molar-refractivity contribution in [2.45, 2.75) is 38.1 Å². The lowest BCUT2D eigenvalue weighted by Gasteiger charge is -2.45. The number of aryl methyl sites for hydroxylation is 1. The number of rotatable bonds is 3. The van der Waals surface area contributed by atoms with Crippen molar-refractivity contribution >= 4 is 29.1 Å². The second-order valence-corrected chi connectivity index (χ2v) is 7.63. The van der Waals surface area contributed by atoms with Crippen LogP contribution in [0.4, 0.5) is 0 Å². The lowest BCUT2D eigenvalue weighted by Crippen LogP contribution is -2.57. The number of aliphatic carboxylic acids is 1. The zero-order chi connectivity index (χ0) is 17.5. The molecule has 2 saturated heterocycles. The molecule has 7 nitrogen and oxygen atoms in total. The van der Waals surface area contributed by atoms with Crippen molar-refractivity contribution in [1.29, 1.82) is 0 Å². The predicted molar refractivity (Wildman–Crippen MR) is 87.6 cm³/mol. The van der Waals surface area contributed by atoms with E-state index in [-0.39, 0.29) is 24.7 Å². The number of carbonyl (C=O) groups is 3. The Kier molecular flexibility index (Phi) is 4.33. The number of aromatic nitrogens is 1. The molecule has 0 bridgehead atoms. The highest BCUT2D eigenvalue weighted by molar-refractivity contribution is 7.09. The molecule has 1 aromatic heterocycles. The van der Waals surface area contributed by atoms with Crippen molar-refractivity contribution in [3.8, 4) is 0 Å². The van der Waals surface area contributed by atoms with Crippen LogP contribution in [0.2, 0.25) is 0 Å². The molecule has 1 N–H and O–H groups in total. The van der Waals surface area contributed by atoms with Gasteiger partial charge in [0, 0.05) is 31.9 Å². The van der Waals surface area contributed by atoms with Gasteiger partial charge < -0.3 is 14.9 Å². The van der Waals surface area contributed by atoms with Gasteiger partial charge in [0.25, 0.3) is 0 Å². The van der Waals surface area contributed by atoms with Crippen LogP contribution in [-0.4, -0.2) is 63.4 Å². The molecule has 3 heterocycles. The summed E-state index contributed by atoms with van der Waals surface area (Å²) in [5.74, 6) is -1.73. The topological polar surface area (TPSA) is 90.8 Å². The molecule has 3 rings (SSSR count). The van der Waals surface area contributed by atoms with Crippen molar-refractivity contribution in [2.24, 2.45) is 5.92 Å². The number of hydrogen-bond acceptors (Lipinski definition) is 5. The third-order valence-corrected chi connectivity index (χ3v) is 6.17. The maximum absolute atomic E-state index is 12.4. The molecular formula is C16H21N3O4S. The molecule has 2 aliphatic heterocycles. The molecule has 8 heteroatoms. The van der Waals surface area contributed by atoms with E-state index >= 15 is 0 Å². The Morgan fingerprint density at radius 2 is 2.08 bits per heavy atom. The predicted octanol–water partition coefficient (Wildman–Crippen LogP) is 0.918. The van der Waals surface area contributed by atoms with Crippen LogP contribution in [-0.2, 0) is 20.8 Å². The van der Waals surface area contributed by atoms with E-state index in [4.69, 9.17) is 0 Å². The summed E-state index contributed by atoms with van der Waals surface area (Å²) >= 11 is 1.52. The Balaban J connectivity index is 1.67. The zero-order valence-corrected chi connectivity index (χ0v) is 14.6. The van der Waals surface area contributed by atoms with Gasteiger partial charge in [-0.05, 0) is 19.8 Å². The van der Waals surface area contributed by atoms with Gasteiger partial charge in [0.2, 0.25) is 11.8 Å². The molecule has 24 heavy (non-hydrogen) atoms. The highest BCUT2D eigenvalue weighted by Gasteiger charge is 2.55. The molecule has 0 saturated carbocycles. The molecule has 1 aromatic rings. The first kappa shape index (κ1) is 16.9. The molecule has 0 radical (unpaired) electrons. The summed E-state index contributed by atoms with van der Waals surface area (Å²) < 4.78 is 0. The molecule has 2 fully saturated rings. The van der Waals surface area contributed by atoms with Crippen LogP contribution < -0.4 is 0 Å². The van der Waals surface area contributed by atoms with E-state index in [1.54, 1.807) is 16.8 Å². The zero-order valence-electron chi connectivity index (χ0n) is 13.8. The first-order valence-electron chi connectivity index (χ1n) is 8.02. The summed E-state index contributed by atoms with van der Waals surface area (Å²) in [5, 5.41) is 12.3. The van der Waals surface area contributed by atoms with Gasteiger partial charge in [-0.3, -0.25) is 14.4 Å². The van der Waals surface area contributed by atoms with Gasteiger partial charge >= 0.3 is 5.97 Å². The van der Waals surface area contributed by atoms with Gasteiger partial charge in [-0.15, -0.1) is 11.3 Å². The minimum atomic E-state index is -0.926. The summed E-state index contributed by atoms with van der Waals surface area (Å²) in [7, 11) is 1.68. The minimum absolute atomic E-state index is 0.00833. The van der Waals surface area contributed by atoms with Crippen molar-refractivity contribution in [3.63, 3.8) is 0 Å². The van der Waals surface area contributed by atoms with E-state index in [9.17, 15) is 19.5 Å². The maximum atomic E-state index is 12.4. The van der Waals surface area contributed by atoms with Crippen molar-refractivity contribution in [3.05, 3.63) is 16.1 Å². The molecule has 130 valence electrons. The quantitative estimate of drug-likeness (QED) is 0.874. The average Bonchev–Trinajstić information content (AvgIpc) is 3.05. The lowest BCUT2D eigenvalue weighted by atomic mass is 9.77. The van der Waals surface area contributed by atoms with Gasteiger partial charge in [-0.2, -0.15) is 0 Å².